The molecule has 0 bridgehead atoms. The zero-order valence-electron chi connectivity index (χ0n) is 8.94. The van der Waals surface area contributed by atoms with Crippen LogP contribution in [0.2, 0.25) is 0 Å². The Morgan fingerprint density at radius 2 is 2.00 bits per heavy atom. The second-order valence-corrected chi connectivity index (χ2v) is 3.43. The summed E-state index contributed by atoms with van der Waals surface area (Å²) in [5.41, 5.74) is 1.19. The summed E-state index contributed by atoms with van der Waals surface area (Å²) in [5.74, 6) is -0.850. The molecular weight excluding hydrogens is 188 g/mol. The van der Waals surface area contributed by atoms with E-state index in [0.717, 1.165) is 24.8 Å². The zero-order chi connectivity index (χ0) is 11.1. The first-order valence-corrected chi connectivity index (χ1v) is 5.24. The predicted octanol–water partition coefficient (Wildman–Crippen LogP) is 3.34. The van der Waals surface area contributed by atoms with Gasteiger partial charge in [-0.05, 0) is 12.0 Å². The van der Waals surface area contributed by atoms with Gasteiger partial charge in [0.05, 0.1) is 5.57 Å². The number of hydrogen-bond acceptors (Lipinski definition) is 1. The summed E-state index contributed by atoms with van der Waals surface area (Å²) in [6, 6.07) is 9.24. The van der Waals surface area contributed by atoms with Crippen LogP contribution >= 0.6 is 0 Å². The number of benzene rings is 1. The molecule has 0 saturated heterocycles. The molecule has 0 atom stereocenters. The van der Waals surface area contributed by atoms with E-state index in [-0.39, 0.29) is 0 Å². The van der Waals surface area contributed by atoms with Crippen molar-refractivity contribution in [2.75, 3.05) is 0 Å². The average molecular weight is 204 g/mol. The highest BCUT2D eigenvalue weighted by atomic mass is 16.4. The van der Waals surface area contributed by atoms with Crippen molar-refractivity contribution in [2.45, 2.75) is 26.2 Å². The molecule has 15 heavy (non-hydrogen) atoms. The summed E-state index contributed by atoms with van der Waals surface area (Å²) in [6.07, 6.45) is 4.75. The third-order valence-electron chi connectivity index (χ3n) is 2.22. The van der Waals surface area contributed by atoms with Crippen LogP contribution in [0.15, 0.2) is 36.4 Å². The minimum Gasteiger partial charge on any atom is -0.478 e. The fraction of sp³-hybridized carbons (Fsp3) is 0.308. The van der Waals surface area contributed by atoms with Gasteiger partial charge in [-0.25, -0.2) is 4.79 Å². The van der Waals surface area contributed by atoms with Crippen LogP contribution in [-0.2, 0) is 4.79 Å². The Hall–Kier alpha value is -1.57. The van der Waals surface area contributed by atoms with Gasteiger partial charge in [0.2, 0.25) is 0 Å². The Morgan fingerprint density at radius 3 is 2.53 bits per heavy atom. The molecule has 1 aromatic carbocycles. The summed E-state index contributed by atoms with van der Waals surface area (Å²) in [7, 11) is 0. The number of allylic oxidation sites excluding steroid dienone is 1. The lowest BCUT2D eigenvalue weighted by Crippen LogP contribution is -1.99. The van der Waals surface area contributed by atoms with E-state index in [4.69, 9.17) is 5.11 Å². The highest BCUT2D eigenvalue weighted by Crippen LogP contribution is 2.15. The van der Waals surface area contributed by atoms with Crippen LogP contribution in [0.3, 0.4) is 0 Å². The Balaban J connectivity index is 2.84. The summed E-state index contributed by atoms with van der Waals surface area (Å²) in [6.45, 7) is 2.09. The summed E-state index contributed by atoms with van der Waals surface area (Å²) in [5, 5.41) is 9.06. The van der Waals surface area contributed by atoms with Gasteiger partial charge in [-0.1, -0.05) is 56.2 Å². The molecule has 0 aliphatic heterocycles. The van der Waals surface area contributed by atoms with Gasteiger partial charge in [0.15, 0.2) is 0 Å². The number of carboxylic acid groups (broad SMARTS) is 1. The van der Waals surface area contributed by atoms with Crippen LogP contribution in [0, 0.1) is 0 Å². The molecule has 80 valence electrons. The number of carboxylic acids is 1. The highest BCUT2D eigenvalue weighted by molar-refractivity contribution is 6.15. The number of rotatable bonds is 5. The van der Waals surface area contributed by atoms with E-state index in [2.05, 4.69) is 6.92 Å². The molecule has 1 aromatic rings. The van der Waals surface area contributed by atoms with Crippen LogP contribution in [0.4, 0.5) is 0 Å². The molecule has 0 spiro atoms. The Bertz CT molecular complexity index is 339. The van der Waals surface area contributed by atoms with Crippen molar-refractivity contribution in [1.29, 1.82) is 0 Å². The topological polar surface area (TPSA) is 37.3 Å². The lowest BCUT2D eigenvalue weighted by atomic mass is 10.0. The largest absolute Gasteiger partial charge is 0.478 e. The van der Waals surface area contributed by atoms with Gasteiger partial charge >= 0.3 is 5.97 Å². The van der Waals surface area contributed by atoms with Gasteiger partial charge < -0.3 is 5.11 Å². The first kappa shape index (κ1) is 11.5. The quantitative estimate of drug-likeness (QED) is 0.590. The second kappa shape index (κ2) is 6.02. The lowest BCUT2D eigenvalue weighted by Gasteiger charge is -2.02. The minimum absolute atomic E-state index is 0.407. The Kier molecular flexibility index (Phi) is 4.61. The molecule has 1 rings (SSSR count). The smallest absolute Gasteiger partial charge is 0.335 e. The molecule has 0 fully saturated rings. The van der Waals surface area contributed by atoms with Gasteiger partial charge in [-0.3, -0.25) is 0 Å². The maximum atomic E-state index is 11.0. The van der Waals surface area contributed by atoms with Gasteiger partial charge in [0.1, 0.15) is 0 Å². The van der Waals surface area contributed by atoms with E-state index < -0.39 is 5.97 Å². The van der Waals surface area contributed by atoms with E-state index >= 15 is 0 Å². The molecule has 1 N–H and O–H groups in total. The number of aliphatic carboxylic acids is 1. The fourth-order valence-electron chi connectivity index (χ4n) is 1.40. The summed E-state index contributed by atoms with van der Waals surface area (Å²) < 4.78 is 0. The van der Waals surface area contributed by atoms with Gasteiger partial charge in [0, 0.05) is 0 Å². The molecule has 0 aromatic heterocycles. The van der Waals surface area contributed by atoms with Crippen molar-refractivity contribution < 1.29 is 9.90 Å². The first-order chi connectivity index (χ1) is 7.25. The standard InChI is InChI=1S/C13H16O2/c1-2-3-5-10-12(13(14)15)11-8-6-4-7-9-11/h4,6-10H,2-3,5H2,1H3,(H,14,15)/b12-10+. The zero-order valence-corrected chi connectivity index (χ0v) is 8.94. The van der Waals surface area contributed by atoms with E-state index in [9.17, 15) is 4.79 Å². The first-order valence-electron chi connectivity index (χ1n) is 5.24. The molecule has 0 heterocycles. The van der Waals surface area contributed by atoms with Crippen molar-refractivity contribution in [3.63, 3.8) is 0 Å². The molecule has 0 saturated carbocycles. The van der Waals surface area contributed by atoms with E-state index in [1.54, 1.807) is 6.08 Å². The van der Waals surface area contributed by atoms with Gasteiger partial charge in [0.25, 0.3) is 0 Å². The third kappa shape index (κ3) is 3.58. The van der Waals surface area contributed by atoms with Crippen LogP contribution in [0.1, 0.15) is 31.7 Å². The van der Waals surface area contributed by atoms with Gasteiger partial charge in [-0.15, -0.1) is 0 Å². The molecule has 0 unspecified atom stereocenters. The van der Waals surface area contributed by atoms with Crippen LogP contribution < -0.4 is 0 Å². The summed E-state index contributed by atoms with van der Waals surface area (Å²) >= 11 is 0. The molecule has 0 aliphatic carbocycles. The molecule has 0 amide bonds. The SMILES string of the molecule is CCCC/C=C(/C(=O)O)c1ccccc1. The second-order valence-electron chi connectivity index (χ2n) is 3.43. The molecule has 0 radical (unpaired) electrons. The maximum absolute atomic E-state index is 11.0. The van der Waals surface area contributed by atoms with Crippen LogP contribution in [0.25, 0.3) is 5.57 Å². The number of carbonyl (C=O) groups is 1. The Labute approximate surface area is 90.3 Å². The fourth-order valence-corrected chi connectivity index (χ4v) is 1.40. The van der Waals surface area contributed by atoms with E-state index in [1.165, 1.54) is 0 Å². The highest BCUT2D eigenvalue weighted by Gasteiger charge is 2.08. The van der Waals surface area contributed by atoms with Crippen LogP contribution in [-0.4, -0.2) is 11.1 Å². The molecule has 2 heteroatoms. The van der Waals surface area contributed by atoms with Crippen molar-refractivity contribution in [3.05, 3.63) is 42.0 Å². The monoisotopic (exact) mass is 204 g/mol. The van der Waals surface area contributed by atoms with Crippen LogP contribution in [0.5, 0.6) is 0 Å². The third-order valence-corrected chi connectivity index (χ3v) is 2.22. The summed E-state index contributed by atoms with van der Waals surface area (Å²) in [4.78, 5) is 11.0. The predicted molar refractivity (Wildman–Crippen MR) is 61.6 cm³/mol. The molecule has 0 aliphatic rings. The number of unbranched alkanes of at least 4 members (excludes halogenated alkanes) is 2. The van der Waals surface area contributed by atoms with E-state index in [1.807, 2.05) is 30.3 Å². The average Bonchev–Trinajstić information content (AvgIpc) is 2.25. The van der Waals surface area contributed by atoms with E-state index in [0.29, 0.717) is 5.57 Å². The maximum Gasteiger partial charge on any atom is 0.335 e. The minimum atomic E-state index is -0.850. The normalized spacial score (nSPS) is 11.4. The molecule has 2 nitrogen and oxygen atoms in total. The van der Waals surface area contributed by atoms with Crippen molar-refractivity contribution in [3.8, 4) is 0 Å². The molecular formula is C13H16O2. The number of hydrogen-bond donors (Lipinski definition) is 1. The van der Waals surface area contributed by atoms with Crippen molar-refractivity contribution >= 4 is 11.5 Å². The lowest BCUT2D eigenvalue weighted by molar-refractivity contribution is -0.130. The van der Waals surface area contributed by atoms with Gasteiger partial charge in [-0.2, -0.15) is 0 Å². The Morgan fingerprint density at radius 1 is 1.33 bits per heavy atom. The van der Waals surface area contributed by atoms with Crippen molar-refractivity contribution in [2.24, 2.45) is 0 Å². The van der Waals surface area contributed by atoms with Crippen molar-refractivity contribution in [1.82, 2.24) is 0 Å².